The number of hydrogen-bond donors (Lipinski definition) is 1. The highest BCUT2D eigenvalue weighted by Gasteiger charge is 2.35. The van der Waals surface area contributed by atoms with E-state index in [0.29, 0.717) is 12.3 Å². The van der Waals surface area contributed by atoms with Gasteiger partial charge in [0.15, 0.2) is 0 Å². The molecule has 0 saturated carbocycles. The van der Waals surface area contributed by atoms with E-state index in [0.717, 1.165) is 24.3 Å². The second-order valence-corrected chi connectivity index (χ2v) is 6.30. The van der Waals surface area contributed by atoms with E-state index in [-0.39, 0.29) is 5.91 Å². The quantitative estimate of drug-likeness (QED) is 0.837. The van der Waals surface area contributed by atoms with Gasteiger partial charge in [-0.05, 0) is 44.1 Å². The highest BCUT2D eigenvalue weighted by molar-refractivity contribution is 7.99. The zero-order valence-corrected chi connectivity index (χ0v) is 11.5. The Hall–Kier alpha value is -0.710. The Labute approximate surface area is 107 Å². The highest BCUT2D eigenvalue weighted by Crippen LogP contribution is 2.26. The molecule has 0 atom stereocenters. The molecule has 5 heteroatoms. The molecule has 0 aromatic carbocycles. The van der Waals surface area contributed by atoms with E-state index in [2.05, 4.69) is 0 Å². The third-order valence-corrected chi connectivity index (χ3v) is 4.59. The van der Waals surface area contributed by atoms with Crippen LogP contribution in [-0.4, -0.2) is 46.0 Å². The fourth-order valence-corrected chi connectivity index (χ4v) is 2.99. The molecule has 0 unspecified atom stereocenters. The third kappa shape index (κ3) is 3.63. The lowest BCUT2D eigenvalue weighted by molar-refractivity contribution is -0.155. The van der Waals surface area contributed by atoms with E-state index < -0.39 is 11.5 Å². The smallest absolute Gasteiger partial charge is 0.329 e. The van der Waals surface area contributed by atoms with Crippen LogP contribution in [0.3, 0.4) is 0 Å². The van der Waals surface area contributed by atoms with Crippen molar-refractivity contribution in [3.63, 3.8) is 0 Å². The van der Waals surface area contributed by atoms with E-state index in [4.69, 9.17) is 5.11 Å². The number of aliphatic carboxylic acids is 1. The Morgan fingerprint density at radius 3 is 2.35 bits per heavy atom. The third-order valence-electron chi connectivity index (χ3n) is 3.54. The minimum Gasteiger partial charge on any atom is -0.480 e. The number of nitrogens with zero attached hydrogens (tertiary/aromatic N) is 1. The number of likely N-dealkylation sites (N-methyl/N-ethyl adjacent to an activating group) is 1. The van der Waals surface area contributed by atoms with Gasteiger partial charge in [0.1, 0.15) is 5.54 Å². The van der Waals surface area contributed by atoms with Gasteiger partial charge >= 0.3 is 5.97 Å². The second kappa shape index (κ2) is 5.76. The largest absolute Gasteiger partial charge is 0.480 e. The number of carboxylic acid groups (broad SMARTS) is 1. The predicted octanol–water partition coefficient (Wildman–Crippen LogP) is 1.84. The fourth-order valence-electron chi connectivity index (χ4n) is 1.79. The topological polar surface area (TPSA) is 57.6 Å². The molecule has 0 aromatic rings. The van der Waals surface area contributed by atoms with Crippen molar-refractivity contribution < 1.29 is 14.7 Å². The standard InChI is InChI=1S/C12H21NO3S/c1-12(2,11(15)16)13(3)10(14)8-9-4-6-17-7-5-9/h9H,4-8H2,1-3H3,(H,15,16). The zero-order chi connectivity index (χ0) is 13.1. The summed E-state index contributed by atoms with van der Waals surface area (Å²) in [7, 11) is 1.58. The monoisotopic (exact) mass is 259 g/mol. The summed E-state index contributed by atoms with van der Waals surface area (Å²) >= 11 is 1.93. The molecule has 1 saturated heterocycles. The minimum atomic E-state index is -1.12. The van der Waals surface area contributed by atoms with Crippen LogP contribution >= 0.6 is 11.8 Å². The van der Waals surface area contributed by atoms with Gasteiger partial charge < -0.3 is 10.0 Å². The summed E-state index contributed by atoms with van der Waals surface area (Å²) in [6.45, 7) is 3.12. The predicted molar refractivity (Wildman–Crippen MR) is 69.2 cm³/mol. The number of hydrogen-bond acceptors (Lipinski definition) is 3. The normalized spacial score (nSPS) is 17.8. The molecule has 0 bridgehead atoms. The maximum absolute atomic E-state index is 12.0. The molecule has 98 valence electrons. The molecule has 1 rings (SSSR count). The summed E-state index contributed by atoms with van der Waals surface area (Å²) < 4.78 is 0. The number of rotatable bonds is 4. The number of carboxylic acids is 1. The summed E-state index contributed by atoms with van der Waals surface area (Å²) in [4.78, 5) is 24.4. The van der Waals surface area contributed by atoms with Crippen molar-refractivity contribution in [1.29, 1.82) is 0 Å². The van der Waals surface area contributed by atoms with Gasteiger partial charge in [0.2, 0.25) is 5.91 Å². The van der Waals surface area contributed by atoms with Gasteiger partial charge in [-0.25, -0.2) is 4.79 Å². The van der Waals surface area contributed by atoms with Crippen LogP contribution in [0.5, 0.6) is 0 Å². The van der Waals surface area contributed by atoms with Crippen molar-refractivity contribution in [2.24, 2.45) is 5.92 Å². The van der Waals surface area contributed by atoms with Gasteiger partial charge in [0.05, 0.1) is 0 Å². The van der Waals surface area contributed by atoms with Crippen LogP contribution in [0.2, 0.25) is 0 Å². The summed E-state index contributed by atoms with van der Waals surface area (Å²) in [5.41, 5.74) is -1.12. The first-order chi connectivity index (χ1) is 7.85. The average Bonchev–Trinajstić information content (AvgIpc) is 2.29. The van der Waals surface area contributed by atoms with Crippen LogP contribution in [0.25, 0.3) is 0 Å². The molecule has 0 radical (unpaired) electrons. The second-order valence-electron chi connectivity index (χ2n) is 5.08. The molecular weight excluding hydrogens is 238 g/mol. The van der Waals surface area contributed by atoms with Crippen molar-refractivity contribution in [3.05, 3.63) is 0 Å². The fraction of sp³-hybridized carbons (Fsp3) is 0.833. The van der Waals surface area contributed by atoms with Crippen LogP contribution in [0.1, 0.15) is 33.1 Å². The van der Waals surface area contributed by atoms with Crippen LogP contribution in [0.4, 0.5) is 0 Å². The first-order valence-corrected chi connectivity index (χ1v) is 7.09. The molecule has 1 aliphatic rings. The molecular formula is C12H21NO3S. The number of thioether (sulfide) groups is 1. The van der Waals surface area contributed by atoms with Crippen LogP contribution in [0, 0.1) is 5.92 Å². The van der Waals surface area contributed by atoms with Crippen molar-refractivity contribution in [2.75, 3.05) is 18.6 Å². The summed E-state index contributed by atoms with van der Waals surface area (Å²) in [6, 6.07) is 0. The van der Waals surface area contributed by atoms with Crippen molar-refractivity contribution in [2.45, 2.75) is 38.6 Å². The molecule has 0 aliphatic carbocycles. The van der Waals surface area contributed by atoms with Crippen molar-refractivity contribution >= 4 is 23.6 Å². The highest BCUT2D eigenvalue weighted by atomic mass is 32.2. The van der Waals surface area contributed by atoms with E-state index in [1.165, 1.54) is 4.90 Å². The first kappa shape index (κ1) is 14.4. The molecule has 0 aromatic heterocycles. The van der Waals surface area contributed by atoms with E-state index in [1.54, 1.807) is 20.9 Å². The number of amides is 1. The van der Waals surface area contributed by atoms with Crippen LogP contribution in [0.15, 0.2) is 0 Å². The van der Waals surface area contributed by atoms with Crippen molar-refractivity contribution in [1.82, 2.24) is 4.90 Å². The first-order valence-electron chi connectivity index (χ1n) is 5.93. The Kier molecular flexibility index (Phi) is 4.86. The molecule has 1 aliphatic heterocycles. The van der Waals surface area contributed by atoms with Crippen LogP contribution < -0.4 is 0 Å². The Morgan fingerprint density at radius 1 is 1.35 bits per heavy atom. The number of carbonyl (C=O) groups is 2. The number of carbonyl (C=O) groups excluding carboxylic acids is 1. The van der Waals surface area contributed by atoms with E-state index >= 15 is 0 Å². The molecule has 1 fully saturated rings. The van der Waals surface area contributed by atoms with E-state index in [1.807, 2.05) is 11.8 Å². The SMILES string of the molecule is CN(C(=O)CC1CCSCC1)C(C)(C)C(=O)O. The maximum Gasteiger partial charge on any atom is 0.329 e. The Bertz CT molecular complexity index is 298. The minimum absolute atomic E-state index is 0.0608. The lowest BCUT2D eigenvalue weighted by Crippen LogP contribution is -2.51. The molecule has 4 nitrogen and oxygen atoms in total. The van der Waals surface area contributed by atoms with Gasteiger partial charge in [-0.2, -0.15) is 11.8 Å². The average molecular weight is 259 g/mol. The Morgan fingerprint density at radius 2 is 1.88 bits per heavy atom. The molecule has 17 heavy (non-hydrogen) atoms. The van der Waals surface area contributed by atoms with Gasteiger partial charge in [-0.1, -0.05) is 0 Å². The Balaban J connectivity index is 2.54. The van der Waals surface area contributed by atoms with Gasteiger partial charge in [-0.15, -0.1) is 0 Å². The summed E-state index contributed by atoms with van der Waals surface area (Å²) in [5, 5.41) is 9.07. The van der Waals surface area contributed by atoms with Gasteiger partial charge in [0, 0.05) is 13.5 Å². The summed E-state index contributed by atoms with van der Waals surface area (Å²) in [6.07, 6.45) is 2.61. The molecule has 0 spiro atoms. The molecule has 1 N–H and O–H groups in total. The maximum atomic E-state index is 12.0. The zero-order valence-electron chi connectivity index (χ0n) is 10.7. The van der Waals surface area contributed by atoms with Crippen molar-refractivity contribution in [3.8, 4) is 0 Å². The summed E-state index contributed by atoms with van der Waals surface area (Å²) in [5.74, 6) is 1.63. The lowest BCUT2D eigenvalue weighted by atomic mass is 9.96. The molecule has 1 heterocycles. The lowest BCUT2D eigenvalue weighted by Gasteiger charge is -2.33. The molecule has 1 amide bonds. The van der Waals surface area contributed by atoms with Gasteiger partial charge in [0.25, 0.3) is 0 Å². The van der Waals surface area contributed by atoms with Gasteiger partial charge in [-0.3, -0.25) is 4.79 Å². The van der Waals surface area contributed by atoms with Crippen LogP contribution in [-0.2, 0) is 9.59 Å². The van der Waals surface area contributed by atoms with E-state index in [9.17, 15) is 9.59 Å².